The van der Waals surface area contributed by atoms with Crippen molar-refractivity contribution in [1.29, 1.82) is 5.26 Å². The average molecular weight is 354 g/mol. The minimum atomic E-state index is -4.74. The molecule has 6 nitrogen and oxygen atoms in total. The summed E-state index contributed by atoms with van der Waals surface area (Å²) in [4.78, 5) is 12.2. The molecule has 0 aliphatic carbocycles. The van der Waals surface area contributed by atoms with Gasteiger partial charge in [-0.05, 0) is 31.2 Å². The van der Waals surface area contributed by atoms with E-state index < -0.39 is 28.8 Å². The van der Waals surface area contributed by atoms with E-state index in [2.05, 4.69) is 17.0 Å². The number of amides is 1. The van der Waals surface area contributed by atoms with Crippen molar-refractivity contribution >= 4 is 17.8 Å². The van der Waals surface area contributed by atoms with Crippen LogP contribution in [0.15, 0.2) is 36.0 Å². The molecule has 2 N–H and O–H groups in total. The van der Waals surface area contributed by atoms with Crippen LogP contribution in [0.3, 0.4) is 0 Å². The van der Waals surface area contributed by atoms with Crippen molar-refractivity contribution in [2.75, 3.05) is 18.9 Å². The maximum absolute atomic E-state index is 12.9. The van der Waals surface area contributed by atoms with Crippen molar-refractivity contribution < 1.29 is 23.1 Å². The normalized spacial score (nSPS) is 13.8. The van der Waals surface area contributed by atoms with Gasteiger partial charge < -0.3 is 10.4 Å². The minimum absolute atomic E-state index is 0.186. The van der Waals surface area contributed by atoms with Crippen LogP contribution in [-0.4, -0.2) is 41.4 Å². The Morgan fingerprint density at radius 3 is 2.68 bits per heavy atom. The second kappa shape index (κ2) is 7.81. The topological polar surface area (TPSA) is 88.7 Å². The molecule has 0 radical (unpaired) electrons. The Hall–Kier alpha value is -2.86. The van der Waals surface area contributed by atoms with Gasteiger partial charge in [0, 0.05) is 18.9 Å². The summed E-state index contributed by atoms with van der Waals surface area (Å²) in [5.41, 5.74) is -3.83. The third-order valence-electron chi connectivity index (χ3n) is 3.10. The van der Waals surface area contributed by atoms with Gasteiger partial charge in [-0.25, -0.2) is 0 Å². The van der Waals surface area contributed by atoms with Gasteiger partial charge in [0.25, 0.3) is 5.91 Å². The molecule has 1 rings (SSSR count). The van der Waals surface area contributed by atoms with Crippen molar-refractivity contribution in [3.63, 3.8) is 0 Å². The number of aliphatic hydroxyl groups is 1. The zero-order valence-electron chi connectivity index (χ0n) is 13.6. The van der Waals surface area contributed by atoms with Crippen molar-refractivity contribution in [3.8, 4) is 6.07 Å². The van der Waals surface area contributed by atoms with E-state index in [1.807, 2.05) is 0 Å². The first-order valence-electron chi connectivity index (χ1n) is 7.02. The third kappa shape index (κ3) is 5.61. The summed E-state index contributed by atoms with van der Waals surface area (Å²) in [7, 11) is 1.51. The number of carbonyl (C=O) groups is 1. The minimum Gasteiger partial charge on any atom is -0.378 e. The predicted octanol–water partition coefficient (Wildman–Crippen LogP) is 2.37. The molecule has 0 aliphatic rings. The number of alkyl halides is 3. The highest BCUT2D eigenvalue weighted by Crippen LogP contribution is 2.33. The first-order valence-corrected chi connectivity index (χ1v) is 7.02. The third-order valence-corrected chi connectivity index (χ3v) is 3.10. The maximum atomic E-state index is 12.9. The Labute approximate surface area is 142 Å². The van der Waals surface area contributed by atoms with Crippen LogP contribution >= 0.6 is 0 Å². The van der Waals surface area contributed by atoms with Crippen LogP contribution in [-0.2, 0) is 11.0 Å². The number of benzene rings is 1. The monoisotopic (exact) mass is 354 g/mol. The van der Waals surface area contributed by atoms with E-state index in [4.69, 9.17) is 5.26 Å². The zero-order valence-corrected chi connectivity index (χ0v) is 13.6. The highest BCUT2D eigenvalue weighted by molar-refractivity contribution is 5.97. The van der Waals surface area contributed by atoms with Gasteiger partial charge in [0.1, 0.15) is 0 Å². The molecule has 0 spiro atoms. The second-order valence-corrected chi connectivity index (χ2v) is 5.41. The molecule has 0 aliphatic heterocycles. The van der Waals surface area contributed by atoms with E-state index in [1.54, 1.807) is 0 Å². The van der Waals surface area contributed by atoms with Crippen LogP contribution in [0.5, 0.6) is 0 Å². The molecule has 1 amide bonds. The standard InChI is InChI=1S/C16H17F3N4O2/c1-4-7-21-23(3)10-15(2,25)14(24)22-12-6-5-11(9-20)13(8-12)16(17,18)19/h4-8,25H,1,10H2,2-3H3,(H,22,24)/b21-7-/t15-/m0/s1. The average Bonchev–Trinajstić information content (AvgIpc) is 2.51. The van der Waals surface area contributed by atoms with E-state index >= 15 is 0 Å². The van der Waals surface area contributed by atoms with Gasteiger partial charge in [0.15, 0.2) is 5.60 Å². The molecule has 0 aromatic heterocycles. The lowest BCUT2D eigenvalue weighted by molar-refractivity contribution is -0.138. The van der Waals surface area contributed by atoms with Crippen molar-refractivity contribution in [1.82, 2.24) is 5.01 Å². The zero-order chi connectivity index (χ0) is 19.3. The quantitative estimate of drug-likeness (QED) is 0.606. The molecular formula is C16H17F3N4O2. The molecule has 1 atom stereocenters. The number of nitrogens with one attached hydrogen (secondary N) is 1. The van der Waals surface area contributed by atoms with E-state index in [9.17, 15) is 23.1 Å². The number of hydrazone groups is 1. The second-order valence-electron chi connectivity index (χ2n) is 5.41. The van der Waals surface area contributed by atoms with Gasteiger partial charge in [-0.3, -0.25) is 9.80 Å². The lowest BCUT2D eigenvalue weighted by Gasteiger charge is -2.26. The summed E-state index contributed by atoms with van der Waals surface area (Å²) in [5, 5.41) is 26.3. The largest absolute Gasteiger partial charge is 0.417 e. The smallest absolute Gasteiger partial charge is 0.378 e. The first-order chi connectivity index (χ1) is 11.5. The lowest BCUT2D eigenvalue weighted by atomic mass is 10.0. The van der Waals surface area contributed by atoms with E-state index in [0.29, 0.717) is 6.07 Å². The fourth-order valence-electron chi connectivity index (χ4n) is 1.94. The van der Waals surface area contributed by atoms with Gasteiger partial charge in [0.05, 0.1) is 23.7 Å². The number of nitriles is 1. The number of allylic oxidation sites excluding steroid dienone is 1. The fourth-order valence-corrected chi connectivity index (χ4v) is 1.94. The Balaban J connectivity index is 2.98. The number of anilines is 1. The van der Waals surface area contributed by atoms with E-state index in [-0.39, 0.29) is 12.2 Å². The molecular weight excluding hydrogens is 337 g/mol. The number of rotatable bonds is 6. The van der Waals surface area contributed by atoms with Crippen LogP contribution in [0.1, 0.15) is 18.1 Å². The number of hydrogen-bond donors (Lipinski definition) is 2. The Kier molecular flexibility index (Phi) is 6.30. The summed E-state index contributed by atoms with van der Waals surface area (Å²) >= 11 is 0. The Morgan fingerprint density at radius 1 is 1.52 bits per heavy atom. The number of likely N-dealkylation sites (N-methyl/N-ethyl adjacent to an activating group) is 1. The number of hydrogen-bond acceptors (Lipinski definition) is 5. The summed E-state index contributed by atoms with van der Waals surface area (Å²) in [6.45, 7) is 4.43. The summed E-state index contributed by atoms with van der Waals surface area (Å²) in [6.07, 6.45) is -1.99. The van der Waals surface area contributed by atoms with Gasteiger partial charge in [0.2, 0.25) is 0 Å². The number of nitrogens with zero attached hydrogens (tertiary/aromatic N) is 3. The highest BCUT2D eigenvalue weighted by Gasteiger charge is 2.35. The molecule has 1 aromatic carbocycles. The van der Waals surface area contributed by atoms with Crippen LogP contribution in [0, 0.1) is 11.3 Å². The highest BCUT2D eigenvalue weighted by atomic mass is 19.4. The van der Waals surface area contributed by atoms with Gasteiger partial charge in [-0.1, -0.05) is 6.58 Å². The van der Waals surface area contributed by atoms with Crippen molar-refractivity contribution in [2.45, 2.75) is 18.7 Å². The molecule has 134 valence electrons. The number of halogens is 3. The van der Waals surface area contributed by atoms with Crippen LogP contribution in [0.2, 0.25) is 0 Å². The van der Waals surface area contributed by atoms with Gasteiger partial charge >= 0.3 is 6.18 Å². The van der Waals surface area contributed by atoms with E-state index in [0.717, 1.165) is 12.1 Å². The number of carbonyl (C=O) groups excluding carboxylic acids is 1. The van der Waals surface area contributed by atoms with E-state index in [1.165, 1.54) is 37.3 Å². The van der Waals surface area contributed by atoms with Crippen LogP contribution < -0.4 is 5.32 Å². The van der Waals surface area contributed by atoms with Gasteiger partial charge in [-0.15, -0.1) is 0 Å². The summed E-state index contributed by atoms with van der Waals surface area (Å²) in [5.74, 6) is -0.911. The molecule has 9 heteroatoms. The molecule has 0 fully saturated rings. The molecule has 0 saturated carbocycles. The lowest BCUT2D eigenvalue weighted by Crippen LogP contribution is -2.47. The van der Waals surface area contributed by atoms with Gasteiger partial charge in [-0.2, -0.15) is 23.5 Å². The predicted molar refractivity (Wildman–Crippen MR) is 86.7 cm³/mol. The molecule has 0 unspecified atom stereocenters. The molecule has 25 heavy (non-hydrogen) atoms. The molecule has 0 saturated heterocycles. The maximum Gasteiger partial charge on any atom is 0.417 e. The Morgan fingerprint density at radius 2 is 2.16 bits per heavy atom. The van der Waals surface area contributed by atoms with Crippen LogP contribution in [0.4, 0.5) is 18.9 Å². The first kappa shape index (κ1) is 20.2. The molecule has 0 bridgehead atoms. The summed E-state index contributed by atoms with van der Waals surface area (Å²) < 4.78 is 38.8. The molecule has 1 aromatic rings. The summed E-state index contributed by atoms with van der Waals surface area (Å²) in [6, 6.07) is 4.20. The van der Waals surface area contributed by atoms with Crippen molar-refractivity contribution in [2.24, 2.45) is 5.10 Å². The Bertz CT molecular complexity index is 721. The van der Waals surface area contributed by atoms with Crippen molar-refractivity contribution in [3.05, 3.63) is 42.0 Å². The fraction of sp³-hybridized carbons (Fsp3) is 0.312. The van der Waals surface area contributed by atoms with Crippen LogP contribution in [0.25, 0.3) is 0 Å². The SMILES string of the molecule is C=C/C=N\N(C)C[C@](C)(O)C(=O)Nc1ccc(C#N)c(C(F)(F)F)c1. The molecule has 0 heterocycles.